The van der Waals surface area contributed by atoms with E-state index in [-0.39, 0.29) is 0 Å². The summed E-state index contributed by atoms with van der Waals surface area (Å²) in [6.07, 6.45) is 7.98. The Morgan fingerprint density at radius 3 is 2.71 bits per heavy atom. The Hall–Kier alpha value is -0.470. The summed E-state index contributed by atoms with van der Waals surface area (Å²) in [4.78, 5) is 1.19. The molecule has 0 saturated heterocycles. The molecule has 2 heteroatoms. The molecule has 0 aromatic heterocycles. The van der Waals surface area contributed by atoms with E-state index in [1.165, 1.54) is 11.3 Å². The summed E-state index contributed by atoms with van der Waals surface area (Å²) in [6.45, 7) is 11.1. The molecule has 0 radical (unpaired) electrons. The highest BCUT2D eigenvalue weighted by atomic mass is 32.2. The molecule has 14 heavy (non-hydrogen) atoms. The molecule has 0 aromatic carbocycles. The number of thioether (sulfide) groups is 1. The molecule has 0 aliphatic rings. The summed E-state index contributed by atoms with van der Waals surface area (Å²) in [6, 6.07) is 0. The molecular weight excluding hydrogens is 192 g/mol. The van der Waals surface area contributed by atoms with Gasteiger partial charge in [0.1, 0.15) is 0 Å². The monoisotopic (exact) mass is 212 g/mol. The summed E-state index contributed by atoms with van der Waals surface area (Å²) in [7, 11) is 0. The molecule has 0 aliphatic carbocycles. The van der Waals surface area contributed by atoms with Crippen LogP contribution in [0.15, 0.2) is 36.3 Å². The average Bonchev–Trinajstić information content (AvgIpc) is 2.21. The van der Waals surface area contributed by atoms with E-state index in [4.69, 9.17) is 4.74 Å². The van der Waals surface area contributed by atoms with Gasteiger partial charge in [-0.25, -0.2) is 0 Å². The first-order valence-electron chi connectivity index (χ1n) is 5.00. The van der Waals surface area contributed by atoms with Crippen LogP contribution < -0.4 is 0 Å². The van der Waals surface area contributed by atoms with Gasteiger partial charge in [-0.1, -0.05) is 25.3 Å². The van der Waals surface area contributed by atoms with Crippen LogP contribution in [0.1, 0.15) is 19.8 Å². The summed E-state index contributed by atoms with van der Waals surface area (Å²) in [5, 5.41) is 0. The fourth-order valence-corrected chi connectivity index (χ4v) is 1.83. The standard InChI is InChI=1S/C12H20OS/c1-4-9-12(5-2)14-11-8-7-10-13-6-3/h4-5,9H,1-2,6-8,10-11H2,3H3/b12-9+. The minimum Gasteiger partial charge on any atom is -0.382 e. The van der Waals surface area contributed by atoms with Crippen LogP contribution in [0.25, 0.3) is 0 Å². The minimum atomic E-state index is 0.821. The van der Waals surface area contributed by atoms with Gasteiger partial charge in [0.2, 0.25) is 0 Å². The summed E-state index contributed by atoms with van der Waals surface area (Å²) in [5.41, 5.74) is 0. The number of rotatable bonds is 9. The zero-order valence-electron chi connectivity index (χ0n) is 9.00. The maximum atomic E-state index is 5.25. The number of hydrogen-bond acceptors (Lipinski definition) is 2. The molecule has 0 amide bonds. The molecule has 0 heterocycles. The smallest absolute Gasteiger partial charge is 0.0466 e. The Morgan fingerprint density at radius 2 is 2.14 bits per heavy atom. The lowest BCUT2D eigenvalue weighted by molar-refractivity contribution is 0.144. The molecule has 1 nitrogen and oxygen atoms in total. The zero-order valence-corrected chi connectivity index (χ0v) is 9.81. The van der Waals surface area contributed by atoms with Crippen molar-refractivity contribution < 1.29 is 4.74 Å². The fourth-order valence-electron chi connectivity index (χ4n) is 0.932. The van der Waals surface area contributed by atoms with Crippen LogP contribution in [0.5, 0.6) is 0 Å². The van der Waals surface area contributed by atoms with E-state index in [9.17, 15) is 0 Å². The van der Waals surface area contributed by atoms with E-state index < -0.39 is 0 Å². The van der Waals surface area contributed by atoms with Gasteiger partial charge in [0, 0.05) is 18.1 Å². The van der Waals surface area contributed by atoms with E-state index in [1.54, 1.807) is 6.08 Å². The Bertz CT molecular complexity index is 185. The third-order valence-corrected chi connectivity index (χ3v) is 2.77. The van der Waals surface area contributed by atoms with Gasteiger partial charge >= 0.3 is 0 Å². The first kappa shape index (κ1) is 13.5. The highest BCUT2D eigenvalue weighted by Crippen LogP contribution is 2.17. The highest BCUT2D eigenvalue weighted by molar-refractivity contribution is 8.03. The fraction of sp³-hybridized carbons (Fsp3) is 0.500. The summed E-state index contributed by atoms with van der Waals surface area (Å²) < 4.78 is 5.25. The van der Waals surface area contributed by atoms with Crippen molar-refractivity contribution in [2.75, 3.05) is 19.0 Å². The van der Waals surface area contributed by atoms with E-state index in [0.717, 1.165) is 25.4 Å². The zero-order chi connectivity index (χ0) is 10.6. The van der Waals surface area contributed by atoms with Crippen molar-refractivity contribution in [3.63, 3.8) is 0 Å². The van der Waals surface area contributed by atoms with Crippen LogP contribution in [-0.2, 0) is 4.74 Å². The van der Waals surface area contributed by atoms with Crippen LogP contribution in [0, 0.1) is 0 Å². The first-order chi connectivity index (χ1) is 6.85. The summed E-state index contributed by atoms with van der Waals surface area (Å²) >= 11 is 1.82. The highest BCUT2D eigenvalue weighted by Gasteiger charge is 1.92. The van der Waals surface area contributed by atoms with Crippen molar-refractivity contribution in [1.29, 1.82) is 0 Å². The number of allylic oxidation sites excluding steroid dienone is 3. The molecule has 0 bridgehead atoms. The normalized spacial score (nSPS) is 11.4. The summed E-state index contributed by atoms with van der Waals surface area (Å²) in [5.74, 6) is 1.12. The third-order valence-electron chi connectivity index (χ3n) is 1.64. The predicted molar refractivity (Wildman–Crippen MR) is 66.7 cm³/mol. The molecule has 0 N–H and O–H groups in total. The van der Waals surface area contributed by atoms with Crippen molar-refractivity contribution in [2.45, 2.75) is 19.8 Å². The number of unbranched alkanes of at least 4 members (excludes halogenated alkanes) is 1. The molecule has 0 unspecified atom stereocenters. The van der Waals surface area contributed by atoms with E-state index in [0.29, 0.717) is 0 Å². The maximum absolute atomic E-state index is 5.25. The first-order valence-corrected chi connectivity index (χ1v) is 5.99. The van der Waals surface area contributed by atoms with E-state index in [2.05, 4.69) is 13.2 Å². The van der Waals surface area contributed by atoms with Crippen molar-refractivity contribution in [2.24, 2.45) is 0 Å². The van der Waals surface area contributed by atoms with Crippen molar-refractivity contribution >= 4 is 11.8 Å². The molecule has 0 rings (SSSR count). The Labute approximate surface area is 91.9 Å². The van der Waals surface area contributed by atoms with Crippen LogP contribution in [0.2, 0.25) is 0 Å². The molecule has 0 saturated carbocycles. The average molecular weight is 212 g/mol. The number of hydrogen-bond donors (Lipinski definition) is 0. The molecular formula is C12H20OS. The van der Waals surface area contributed by atoms with Crippen LogP contribution >= 0.6 is 11.8 Å². The van der Waals surface area contributed by atoms with E-state index in [1.807, 2.05) is 30.8 Å². The van der Waals surface area contributed by atoms with Crippen molar-refractivity contribution in [3.05, 3.63) is 36.3 Å². The van der Waals surface area contributed by atoms with Gasteiger partial charge in [0.15, 0.2) is 0 Å². The van der Waals surface area contributed by atoms with Crippen LogP contribution in [0.4, 0.5) is 0 Å². The van der Waals surface area contributed by atoms with Gasteiger partial charge < -0.3 is 4.74 Å². The second kappa shape index (κ2) is 10.6. The molecule has 80 valence electrons. The molecule has 0 spiro atoms. The van der Waals surface area contributed by atoms with Gasteiger partial charge in [0.25, 0.3) is 0 Å². The van der Waals surface area contributed by atoms with Gasteiger partial charge in [-0.15, -0.1) is 11.8 Å². The van der Waals surface area contributed by atoms with Crippen LogP contribution in [0.3, 0.4) is 0 Å². The van der Waals surface area contributed by atoms with E-state index >= 15 is 0 Å². The maximum Gasteiger partial charge on any atom is 0.0466 e. The van der Waals surface area contributed by atoms with Gasteiger partial charge in [-0.05, 0) is 31.6 Å². The largest absolute Gasteiger partial charge is 0.382 e. The quantitative estimate of drug-likeness (QED) is 0.425. The lowest BCUT2D eigenvalue weighted by atomic mass is 10.4. The lowest BCUT2D eigenvalue weighted by Crippen LogP contribution is -1.93. The van der Waals surface area contributed by atoms with Gasteiger partial charge in [0.05, 0.1) is 0 Å². The van der Waals surface area contributed by atoms with Gasteiger partial charge in [-0.2, -0.15) is 0 Å². The Morgan fingerprint density at radius 1 is 1.36 bits per heavy atom. The predicted octanol–water partition coefficient (Wildman–Crippen LogP) is 3.79. The second-order valence-corrected chi connectivity index (χ2v) is 3.93. The second-order valence-electron chi connectivity index (χ2n) is 2.76. The molecule has 0 fully saturated rings. The molecule has 0 aromatic rings. The SMILES string of the molecule is C=C/C=C(\C=C)SCCCCOCC. The van der Waals surface area contributed by atoms with Crippen LogP contribution in [-0.4, -0.2) is 19.0 Å². The third kappa shape index (κ3) is 8.14. The molecule has 0 atom stereocenters. The topological polar surface area (TPSA) is 9.23 Å². The van der Waals surface area contributed by atoms with Gasteiger partial charge in [-0.3, -0.25) is 0 Å². The van der Waals surface area contributed by atoms with Crippen molar-refractivity contribution in [3.8, 4) is 0 Å². The Kier molecular flexibility index (Phi) is 10.3. The lowest BCUT2D eigenvalue weighted by Gasteiger charge is -2.02. The van der Waals surface area contributed by atoms with Crippen molar-refractivity contribution in [1.82, 2.24) is 0 Å². The molecule has 0 aliphatic heterocycles. The number of ether oxygens (including phenoxy) is 1. The minimum absolute atomic E-state index is 0.821. The Balaban J connectivity index is 3.38.